The topological polar surface area (TPSA) is 46.6 Å². The van der Waals surface area contributed by atoms with Gasteiger partial charge in [-0.05, 0) is 42.2 Å². The number of thiophene rings is 1. The molecule has 0 aliphatic carbocycles. The number of fused-ring (bicyclic) bond motifs is 1. The molecule has 0 unspecified atom stereocenters. The molecule has 1 aromatic heterocycles. The summed E-state index contributed by atoms with van der Waals surface area (Å²) in [6.07, 6.45) is 1.14. The Bertz CT molecular complexity index is 757. The van der Waals surface area contributed by atoms with E-state index in [0.717, 1.165) is 35.2 Å². The van der Waals surface area contributed by atoms with E-state index in [1.807, 2.05) is 36.1 Å². The first-order valence-corrected chi connectivity index (χ1v) is 9.20. The molecule has 0 radical (unpaired) electrons. The number of hydrogen-bond donors (Lipinski definition) is 0. The molecule has 1 fully saturated rings. The minimum atomic E-state index is -0.403. The van der Waals surface area contributed by atoms with Crippen molar-refractivity contribution >= 4 is 33.3 Å². The van der Waals surface area contributed by atoms with E-state index >= 15 is 0 Å². The average molecular weight is 345 g/mol. The van der Waals surface area contributed by atoms with E-state index in [-0.39, 0.29) is 12.5 Å². The summed E-state index contributed by atoms with van der Waals surface area (Å²) in [7, 11) is 0. The third-order valence-electron chi connectivity index (χ3n) is 4.58. The molecule has 128 valence electrons. The normalized spacial score (nSPS) is 21.0. The van der Waals surface area contributed by atoms with Crippen molar-refractivity contribution in [1.82, 2.24) is 4.90 Å². The number of esters is 1. The van der Waals surface area contributed by atoms with E-state index in [0.29, 0.717) is 16.7 Å². The fourth-order valence-corrected chi connectivity index (χ4v) is 4.62. The van der Waals surface area contributed by atoms with Gasteiger partial charge < -0.3 is 9.64 Å². The van der Waals surface area contributed by atoms with Crippen molar-refractivity contribution in [1.29, 1.82) is 0 Å². The van der Waals surface area contributed by atoms with E-state index in [4.69, 9.17) is 4.74 Å². The largest absolute Gasteiger partial charge is 0.451 e. The van der Waals surface area contributed by atoms with Crippen LogP contribution < -0.4 is 0 Å². The highest BCUT2D eigenvalue weighted by atomic mass is 32.1. The molecular formula is C19H23NO3S. The second-order valence-electron chi connectivity index (χ2n) is 6.87. The molecule has 4 nitrogen and oxygen atoms in total. The highest BCUT2D eigenvalue weighted by Crippen LogP contribution is 2.31. The molecule has 1 saturated heterocycles. The molecule has 1 amide bonds. The lowest BCUT2D eigenvalue weighted by molar-refractivity contribution is -0.137. The first-order chi connectivity index (χ1) is 11.5. The van der Waals surface area contributed by atoms with Gasteiger partial charge in [-0.2, -0.15) is 0 Å². The molecule has 5 heteroatoms. The molecule has 1 aliphatic rings. The summed E-state index contributed by atoms with van der Waals surface area (Å²) in [6.45, 7) is 7.56. The lowest BCUT2D eigenvalue weighted by Crippen LogP contribution is -2.44. The Morgan fingerprint density at radius 2 is 1.88 bits per heavy atom. The number of rotatable bonds is 3. The Labute approximate surface area is 146 Å². The Hall–Kier alpha value is -1.88. The van der Waals surface area contributed by atoms with Crippen LogP contribution >= 0.6 is 11.3 Å². The number of likely N-dealkylation sites (tertiary alicyclic amines) is 1. The van der Waals surface area contributed by atoms with Crippen LogP contribution in [0.1, 0.15) is 35.5 Å². The number of hydrogen-bond acceptors (Lipinski definition) is 4. The number of nitrogens with zero attached hydrogens (tertiary/aromatic N) is 1. The molecular weight excluding hydrogens is 322 g/mol. The molecule has 0 saturated carbocycles. The van der Waals surface area contributed by atoms with Gasteiger partial charge in [-0.1, -0.05) is 32.0 Å². The molecule has 3 rings (SSSR count). The van der Waals surface area contributed by atoms with E-state index in [9.17, 15) is 9.59 Å². The second kappa shape index (κ2) is 6.93. The molecule has 1 aromatic carbocycles. The summed E-state index contributed by atoms with van der Waals surface area (Å²) in [5.41, 5.74) is 0.924. The fourth-order valence-electron chi connectivity index (χ4n) is 3.52. The smallest absolute Gasteiger partial charge is 0.349 e. The molecule has 24 heavy (non-hydrogen) atoms. The van der Waals surface area contributed by atoms with Crippen LogP contribution in [0, 0.1) is 18.8 Å². The molecule has 2 atom stereocenters. The number of ether oxygens (including phenoxy) is 1. The summed E-state index contributed by atoms with van der Waals surface area (Å²) in [6, 6.07) is 7.90. The predicted octanol–water partition coefficient (Wildman–Crippen LogP) is 3.87. The number of piperidine rings is 1. The van der Waals surface area contributed by atoms with Crippen LogP contribution in [0.3, 0.4) is 0 Å². The molecule has 0 bridgehead atoms. The molecule has 1 aliphatic heterocycles. The van der Waals surface area contributed by atoms with Gasteiger partial charge in [-0.25, -0.2) is 4.79 Å². The third-order valence-corrected chi connectivity index (χ3v) is 5.83. The number of aryl methyl sites for hydroxylation is 1. The summed E-state index contributed by atoms with van der Waals surface area (Å²) in [5, 5.41) is 1.07. The van der Waals surface area contributed by atoms with Crippen LogP contribution in [0.4, 0.5) is 0 Å². The van der Waals surface area contributed by atoms with Crippen molar-refractivity contribution in [3.8, 4) is 0 Å². The van der Waals surface area contributed by atoms with Gasteiger partial charge in [-0.15, -0.1) is 11.3 Å². The van der Waals surface area contributed by atoms with E-state index in [1.54, 1.807) is 0 Å². The zero-order valence-corrected chi connectivity index (χ0v) is 15.2. The first-order valence-electron chi connectivity index (χ1n) is 8.38. The van der Waals surface area contributed by atoms with E-state index < -0.39 is 5.97 Å². The quantitative estimate of drug-likeness (QED) is 0.793. The van der Waals surface area contributed by atoms with Crippen molar-refractivity contribution in [2.45, 2.75) is 27.2 Å². The van der Waals surface area contributed by atoms with Crippen LogP contribution in [0.15, 0.2) is 24.3 Å². The highest BCUT2D eigenvalue weighted by molar-refractivity contribution is 7.21. The SMILES string of the molecule is Cc1c(C(=O)OCC(=O)N2C[C@H](C)C[C@H](C)C2)sc2ccccc12. The van der Waals surface area contributed by atoms with Crippen LogP contribution in [0.5, 0.6) is 0 Å². The van der Waals surface area contributed by atoms with Crippen LogP contribution in [0.25, 0.3) is 10.1 Å². The second-order valence-corrected chi connectivity index (χ2v) is 7.93. The van der Waals surface area contributed by atoms with Crippen molar-refractivity contribution in [2.24, 2.45) is 11.8 Å². The summed E-state index contributed by atoms with van der Waals surface area (Å²) in [4.78, 5) is 27.1. The van der Waals surface area contributed by atoms with Crippen molar-refractivity contribution < 1.29 is 14.3 Å². The standard InChI is InChI=1S/C19H23NO3S/c1-12-8-13(2)10-20(9-12)17(21)11-23-19(22)18-14(3)15-6-4-5-7-16(15)24-18/h4-7,12-13H,8-11H2,1-3H3/t12-,13+. The van der Waals surface area contributed by atoms with Crippen molar-refractivity contribution in [3.63, 3.8) is 0 Å². The zero-order chi connectivity index (χ0) is 17.3. The summed E-state index contributed by atoms with van der Waals surface area (Å²) < 4.78 is 6.37. The third kappa shape index (κ3) is 3.46. The average Bonchev–Trinajstić information content (AvgIpc) is 2.89. The van der Waals surface area contributed by atoms with Crippen LogP contribution in [-0.2, 0) is 9.53 Å². The van der Waals surface area contributed by atoms with Gasteiger partial charge in [0.05, 0.1) is 0 Å². The van der Waals surface area contributed by atoms with Gasteiger partial charge in [-0.3, -0.25) is 4.79 Å². The lowest BCUT2D eigenvalue weighted by atomic mass is 9.92. The van der Waals surface area contributed by atoms with Gasteiger partial charge in [0, 0.05) is 17.8 Å². The monoisotopic (exact) mass is 345 g/mol. The molecule has 2 heterocycles. The van der Waals surface area contributed by atoms with E-state index in [1.165, 1.54) is 11.3 Å². The maximum Gasteiger partial charge on any atom is 0.349 e. The van der Waals surface area contributed by atoms with Gasteiger partial charge in [0.2, 0.25) is 0 Å². The number of carbonyl (C=O) groups excluding carboxylic acids is 2. The van der Waals surface area contributed by atoms with Crippen molar-refractivity contribution in [3.05, 3.63) is 34.7 Å². The first kappa shape index (κ1) is 17.0. The molecule has 2 aromatic rings. The van der Waals surface area contributed by atoms with Crippen LogP contribution in [0.2, 0.25) is 0 Å². The van der Waals surface area contributed by atoms with E-state index in [2.05, 4.69) is 13.8 Å². The summed E-state index contributed by atoms with van der Waals surface area (Å²) >= 11 is 1.42. The van der Waals surface area contributed by atoms with Crippen molar-refractivity contribution in [2.75, 3.05) is 19.7 Å². The molecule has 0 spiro atoms. The number of benzene rings is 1. The summed E-state index contributed by atoms with van der Waals surface area (Å²) in [5.74, 6) is 0.497. The van der Waals surface area contributed by atoms with Gasteiger partial charge in [0.25, 0.3) is 5.91 Å². The van der Waals surface area contributed by atoms with Gasteiger partial charge in [0.1, 0.15) is 4.88 Å². The van der Waals surface area contributed by atoms with Gasteiger partial charge >= 0.3 is 5.97 Å². The Morgan fingerprint density at radius 3 is 2.54 bits per heavy atom. The maximum atomic E-state index is 12.4. The number of carbonyl (C=O) groups is 2. The lowest BCUT2D eigenvalue weighted by Gasteiger charge is -2.34. The minimum Gasteiger partial charge on any atom is -0.451 e. The fraction of sp³-hybridized carbons (Fsp3) is 0.474. The maximum absolute atomic E-state index is 12.4. The van der Waals surface area contributed by atoms with Crippen LogP contribution in [-0.4, -0.2) is 36.5 Å². The predicted molar refractivity (Wildman–Crippen MR) is 96.4 cm³/mol. The number of amides is 1. The Morgan fingerprint density at radius 1 is 1.21 bits per heavy atom. The zero-order valence-electron chi connectivity index (χ0n) is 14.4. The Kier molecular flexibility index (Phi) is 4.90. The Balaban J connectivity index is 1.64. The highest BCUT2D eigenvalue weighted by Gasteiger charge is 2.26. The minimum absolute atomic E-state index is 0.0967. The van der Waals surface area contributed by atoms with Gasteiger partial charge in [0.15, 0.2) is 6.61 Å². The molecule has 0 N–H and O–H groups in total.